The molecule has 64 valence electrons. The van der Waals surface area contributed by atoms with Gasteiger partial charge < -0.3 is 9.72 Å². The van der Waals surface area contributed by atoms with Crippen molar-refractivity contribution in [3.63, 3.8) is 0 Å². The number of aryl methyl sites for hydroxylation is 1. The number of hydrogen-bond donors (Lipinski definition) is 1. The number of nitrogens with one attached hydrogen (secondary N) is 1. The first-order valence-corrected chi connectivity index (χ1v) is 3.64. The van der Waals surface area contributed by atoms with Gasteiger partial charge in [-0.1, -0.05) is 0 Å². The topological polar surface area (TPSA) is 42.1 Å². The van der Waals surface area contributed by atoms with Gasteiger partial charge in [0.15, 0.2) is 0 Å². The molecule has 0 aliphatic heterocycles. The number of methoxy groups -OCH3 is 1. The number of hydrogen-bond acceptors (Lipinski definition) is 2. The third kappa shape index (κ3) is 1.99. The minimum absolute atomic E-state index is 0.344. The van der Waals surface area contributed by atoms with E-state index in [-0.39, 0.29) is 5.97 Å². The molecule has 0 saturated heterocycles. The van der Waals surface area contributed by atoms with Gasteiger partial charge in [-0.2, -0.15) is 0 Å². The average Bonchev–Trinajstić information content (AvgIpc) is 2.47. The monoisotopic (exact) mass is 165 g/mol. The molecule has 0 unspecified atom stereocenters. The van der Waals surface area contributed by atoms with Crippen molar-refractivity contribution in [3.05, 3.63) is 29.6 Å². The van der Waals surface area contributed by atoms with Gasteiger partial charge in [0.2, 0.25) is 0 Å². The molecule has 3 heteroatoms. The van der Waals surface area contributed by atoms with Crippen LogP contribution in [0.2, 0.25) is 0 Å². The van der Waals surface area contributed by atoms with E-state index in [0.29, 0.717) is 0 Å². The standard InChI is InChI=1S/C9H11NO2/c1-7-5-6-10-8(7)3-4-9(11)12-2/h3-6,10H,1-2H3/b4-3+. The van der Waals surface area contributed by atoms with Crippen LogP contribution in [0.3, 0.4) is 0 Å². The Hall–Kier alpha value is -1.51. The van der Waals surface area contributed by atoms with Crippen LogP contribution < -0.4 is 0 Å². The van der Waals surface area contributed by atoms with Crippen LogP contribution in [0, 0.1) is 6.92 Å². The molecule has 12 heavy (non-hydrogen) atoms. The fourth-order valence-electron chi connectivity index (χ4n) is 0.859. The number of carbonyl (C=O) groups excluding carboxylic acids is 1. The molecule has 0 amide bonds. The van der Waals surface area contributed by atoms with Gasteiger partial charge in [0.05, 0.1) is 7.11 Å². The highest BCUT2D eigenvalue weighted by Crippen LogP contribution is 2.05. The van der Waals surface area contributed by atoms with Gasteiger partial charge in [-0.05, 0) is 24.6 Å². The smallest absolute Gasteiger partial charge is 0.330 e. The second-order valence-electron chi connectivity index (χ2n) is 2.43. The van der Waals surface area contributed by atoms with Gasteiger partial charge in [-0.15, -0.1) is 0 Å². The van der Waals surface area contributed by atoms with Crippen LogP contribution in [-0.4, -0.2) is 18.1 Å². The molecule has 0 radical (unpaired) electrons. The van der Waals surface area contributed by atoms with Gasteiger partial charge in [0.25, 0.3) is 0 Å². The maximum absolute atomic E-state index is 10.7. The van der Waals surface area contributed by atoms with Gasteiger partial charge in [0.1, 0.15) is 0 Å². The summed E-state index contributed by atoms with van der Waals surface area (Å²) in [6.07, 6.45) is 4.91. The highest BCUT2D eigenvalue weighted by atomic mass is 16.5. The number of carbonyl (C=O) groups is 1. The maximum atomic E-state index is 10.7. The van der Waals surface area contributed by atoms with Crippen molar-refractivity contribution in [1.82, 2.24) is 4.98 Å². The van der Waals surface area contributed by atoms with Crippen molar-refractivity contribution in [2.24, 2.45) is 0 Å². The molecule has 1 heterocycles. The first kappa shape index (κ1) is 8.59. The van der Waals surface area contributed by atoms with E-state index in [2.05, 4.69) is 9.72 Å². The Labute approximate surface area is 71.1 Å². The molecule has 1 rings (SSSR count). The second-order valence-corrected chi connectivity index (χ2v) is 2.43. The molecule has 0 aliphatic rings. The zero-order valence-electron chi connectivity index (χ0n) is 7.13. The first-order chi connectivity index (χ1) is 5.74. The van der Waals surface area contributed by atoms with Crippen molar-refractivity contribution in [1.29, 1.82) is 0 Å². The lowest BCUT2D eigenvalue weighted by molar-refractivity contribution is -0.134. The molecule has 0 spiro atoms. The Morgan fingerprint density at radius 2 is 2.42 bits per heavy atom. The van der Waals surface area contributed by atoms with E-state index in [4.69, 9.17) is 0 Å². The van der Waals surface area contributed by atoms with Crippen LogP contribution in [0.5, 0.6) is 0 Å². The Bertz CT molecular complexity index is 299. The lowest BCUT2D eigenvalue weighted by atomic mass is 10.2. The van der Waals surface area contributed by atoms with Gasteiger partial charge in [-0.25, -0.2) is 4.79 Å². The Morgan fingerprint density at radius 3 is 2.92 bits per heavy atom. The van der Waals surface area contributed by atoms with E-state index in [0.717, 1.165) is 11.3 Å². The second kappa shape index (κ2) is 3.76. The number of aromatic nitrogens is 1. The zero-order valence-corrected chi connectivity index (χ0v) is 7.13. The van der Waals surface area contributed by atoms with E-state index in [1.54, 1.807) is 6.08 Å². The van der Waals surface area contributed by atoms with Gasteiger partial charge in [-0.3, -0.25) is 0 Å². The summed E-state index contributed by atoms with van der Waals surface area (Å²) in [4.78, 5) is 13.7. The van der Waals surface area contributed by atoms with Crippen LogP contribution in [0.25, 0.3) is 6.08 Å². The van der Waals surface area contributed by atoms with Gasteiger partial charge >= 0.3 is 5.97 Å². The van der Waals surface area contributed by atoms with E-state index in [1.807, 2.05) is 19.2 Å². The molecular weight excluding hydrogens is 154 g/mol. The summed E-state index contributed by atoms with van der Waals surface area (Å²) < 4.78 is 4.45. The minimum Gasteiger partial charge on any atom is -0.466 e. The van der Waals surface area contributed by atoms with Crippen molar-refractivity contribution >= 4 is 12.0 Å². The van der Waals surface area contributed by atoms with Crippen molar-refractivity contribution < 1.29 is 9.53 Å². The summed E-state index contributed by atoms with van der Waals surface area (Å²) in [5.74, 6) is -0.344. The molecule has 1 aromatic rings. The van der Waals surface area contributed by atoms with Crippen LogP contribution in [0.15, 0.2) is 18.3 Å². The predicted molar refractivity (Wildman–Crippen MR) is 46.6 cm³/mol. The lowest BCUT2D eigenvalue weighted by Crippen LogP contribution is -1.93. The average molecular weight is 165 g/mol. The molecular formula is C9H11NO2. The number of ether oxygens (including phenoxy) is 1. The highest BCUT2D eigenvalue weighted by molar-refractivity contribution is 5.86. The fourth-order valence-corrected chi connectivity index (χ4v) is 0.859. The lowest BCUT2D eigenvalue weighted by Gasteiger charge is -1.90. The number of aromatic amines is 1. The largest absolute Gasteiger partial charge is 0.466 e. The van der Waals surface area contributed by atoms with E-state index in [1.165, 1.54) is 13.2 Å². The van der Waals surface area contributed by atoms with E-state index >= 15 is 0 Å². The summed E-state index contributed by atoms with van der Waals surface area (Å²) in [6.45, 7) is 1.97. The molecule has 0 aliphatic carbocycles. The molecule has 3 nitrogen and oxygen atoms in total. The van der Waals surface area contributed by atoms with Gasteiger partial charge in [0, 0.05) is 18.0 Å². The van der Waals surface area contributed by atoms with Crippen LogP contribution >= 0.6 is 0 Å². The number of esters is 1. The molecule has 0 atom stereocenters. The number of H-pyrrole nitrogens is 1. The van der Waals surface area contributed by atoms with Crippen molar-refractivity contribution in [3.8, 4) is 0 Å². The Kier molecular flexibility index (Phi) is 2.69. The van der Waals surface area contributed by atoms with Crippen LogP contribution in [0.4, 0.5) is 0 Å². The highest BCUT2D eigenvalue weighted by Gasteiger charge is 1.95. The Balaban J connectivity index is 2.69. The van der Waals surface area contributed by atoms with E-state index in [9.17, 15) is 4.79 Å². The third-order valence-corrected chi connectivity index (χ3v) is 1.58. The molecule has 0 saturated carbocycles. The first-order valence-electron chi connectivity index (χ1n) is 3.64. The summed E-state index contributed by atoms with van der Waals surface area (Å²) in [5, 5.41) is 0. The molecule has 0 bridgehead atoms. The zero-order chi connectivity index (χ0) is 8.97. The molecule has 1 aromatic heterocycles. The van der Waals surface area contributed by atoms with Crippen molar-refractivity contribution in [2.45, 2.75) is 6.92 Å². The summed E-state index contributed by atoms with van der Waals surface area (Å²) >= 11 is 0. The summed E-state index contributed by atoms with van der Waals surface area (Å²) in [5.41, 5.74) is 2.04. The number of rotatable bonds is 2. The fraction of sp³-hybridized carbons (Fsp3) is 0.222. The molecule has 0 aromatic carbocycles. The quantitative estimate of drug-likeness (QED) is 0.533. The summed E-state index contributed by atoms with van der Waals surface area (Å²) in [6, 6.07) is 1.94. The minimum atomic E-state index is -0.344. The molecule has 0 fully saturated rings. The third-order valence-electron chi connectivity index (χ3n) is 1.58. The van der Waals surface area contributed by atoms with Crippen molar-refractivity contribution in [2.75, 3.05) is 7.11 Å². The van der Waals surface area contributed by atoms with Crippen LogP contribution in [-0.2, 0) is 9.53 Å². The van der Waals surface area contributed by atoms with Crippen LogP contribution in [0.1, 0.15) is 11.3 Å². The molecule has 1 N–H and O–H groups in total. The maximum Gasteiger partial charge on any atom is 0.330 e. The summed E-state index contributed by atoms with van der Waals surface area (Å²) in [7, 11) is 1.36. The predicted octanol–water partition coefficient (Wildman–Crippen LogP) is 1.51. The van der Waals surface area contributed by atoms with E-state index < -0.39 is 0 Å². The normalized spacial score (nSPS) is 10.5. The SMILES string of the molecule is COC(=O)/C=C/c1[nH]ccc1C. The Morgan fingerprint density at radius 1 is 1.67 bits per heavy atom.